The highest BCUT2D eigenvalue weighted by Gasteiger charge is 2.26. The van der Waals surface area contributed by atoms with E-state index in [2.05, 4.69) is 86.5 Å². The van der Waals surface area contributed by atoms with Gasteiger partial charge in [-0.25, -0.2) is 0 Å². The molecule has 0 fully saturated rings. The lowest BCUT2D eigenvalue weighted by Gasteiger charge is -2.39. The van der Waals surface area contributed by atoms with Gasteiger partial charge in [-0.05, 0) is 53.7 Å². The third-order valence-electron chi connectivity index (χ3n) is 3.86. The Morgan fingerprint density at radius 2 is 1.59 bits per heavy atom. The molecule has 2 rings (SSSR count). The number of hydrogen-bond acceptors (Lipinski definition) is 0. The molecule has 0 spiro atoms. The van der Waals surface area contributed by atoms with Gasteiger partial charge in [0.15, 0.2) is 0 Å². The van der Waals surface area contributed by atoms with Crippen LogP contribution in [0.15, 0.2) is 100 Å². The quantitative estimate of drug-likeness (QED) is 0.553. The van der Waals surface area contributed by atoms with Gasteiger partial charge in [0.05, 0.1) is 0 Å². The molecule has 0 radical (unpaired) electrons. The van der Waals surface area contributed by atoms with E-state index >= 15 is 0 Å². The minimum Gasteiger partial charge on any atom is -0.164 e. The van der Waals surface area contributed by atoms with Crippen LogP contribution in [0.3, 0.4) is 0 Å². The zero-order valence-corrected chi connectivity index (χ0v) is 14.4. The van der Waals surface area contributed by atoms with Crippen LogP contribution in [0.4, 0.5) is 0 Å². The maximum absolute atomic E-state index is 4.41. The molecule has 0 nitrogen and oxygen atoms in total. The van der Waals surface area contributed by atoms with Crippen molar-refractivity contribution in [3.8, 4) is 0 Å². The average molecular weight is 308 g/mol. The van der Waals surface area contributed by atoms with E-state index in [1.54, 1.807) is 0 Å². The van der Waals surface area contributed by atoms with E-state index in [0.29, 0.717) is 0 Å². The minimum absolute atomic E-state index is 1.17. The molecular weight excluding hydrogens is 284 g/mol. The summed E-state index contributed by atoms with van der Waals surface area (Å²) in [7, 11) is -1.30. The van der Waals surface area contributed by atoms with Crippen LogP contribution in [-0.4, -0.2) is 6.26 Å². The van der Waals surface area contributed by atoms with E-state index in [1.165, 1.54) is 20.3 Å². The molecule has 2 aromatic rings. The maximum Gasteiger partial charge on any atom is 0.000798 e. The monoisotopic (exact) mass is 308 g/mol. The Bertz CT molecular complexity index is 695. The standard InChI is InChI=1S/C21H24S/c1-5-6-8-14-19(3)22(4,20-15-9-7-10-16-20)21-17-12-11-13-18(21)2/h5-17H,3H2,1-2,4H3/b6-5-,14-8-. The summed E-state index contributed by atoms with van der Waals surface area (Å²) in [5.74, 6) is 0. The SMILES string of the molecule is C=C(/C=C\C=C/C)S(C)(c1ccccc1)c1ccccc1C. The Morgan fingerprint density at radius 3 is 2.23 bits per heavy atom. The second kappa shape index (κ2) is 7.33. The number of aryl methyl sites for hydroxylation is 1. The Balaban J connectivity index is 2.60. The molecule has 0 amide bonds. The van der Waals surface area contributed by atoms with Crippen molar-refractivity contribution in [3.63, 3.8) is 0 Å². The Kier molecular flexibility index (Phi) is 5.46. The van der Waals surface area contributed by atoms with Crippen LogP contribution in [0.2, 0.25) is 0 Å². The molecule has 0 N–H and O–H groups in total. The van der Waals surface area contributed by atoms with E-state index in [9.17, 15) is 0 Å². The highest BCUT2D eigenvalue weighted by molar-refractivity contribution is 8.36. The van der Waals surface area contributed by atoms with Crippen molar-refractivity contribution >= 4 is 10.0 Å². The molecule has 1 atom stereocenters. The predicted molar refractivity (Wildman–Crippen MR) is 101 cm³/mol. The molecule has 2 aromatic carbocycles. The summed E-state index contributed by atoms with van der Waals surface area (Å²) in [6.07, 6.45) is 10.6. The molecule has 0 saturated carbocycles. The van der Waals surface area contributed by atoms with Gasteiger partial charge in [0.2, 0.25) is 0 Å². The van der Waals surface area contributed by atoms with Crippen LogP contribution < -0.4 is 0 Å². The van der Waals surface area contributed by atoms with E-state index in [4.69, 9.17) is 0 Å². The largest absolute Gasteiger partial charge is 0.164 e. The van der Waals surface area contributed by atoms with Crippen LogP contribution in [0.5, 0.6) is 0 Å². The lowest BCUT2D eigenvalue weighted by atomic mass is 10.2. The van der Waals surface area contributed by atoms with Crippen LogP contribution in [-0.2, 0) is 0 Å². The van der Waals surface area contributed by atoms with Gasteiger partial charge in [-0.2, -0.15) is 10.0 Å². The summed E-state index contributed by atoms with van der Waals surface area (Å²) in [5, 5.41) is 0. The van der Waals surface area contributed by atoms with E-state index < -0.39 is 10.0 Å². The highest BCUT2D eigenvalue weighted by atomic mass is 32.3. The first kappa shape index (κ1) is 16.4. The zero-order chi connectivity index (χ0) is 16.0. The third-order valence-corrected chi connectivity index (χ3v) is 7.60. The van der Waals surface area contributed by atoms with E-state index in [-0.39, 0.29) is 0 Å². The molecule has 114 valence electrons. The van der Waals surface area contributed by atoms with Crippen molar-refractivity contribution in [1.82, 2.24) is 0 Å². The molecule has 0 aromatic heterocycles. The lowest BCUT2D eigenvalue weighted by Crippen LogP contribution is -2.03. The van der Waals surface area contributed by atoms with Crippen LogP contribution in [0.1, 0.15) is 12.5 Å². The Morgan fingerprint density at radius 1 is 0.955 bits per heavy atom. The van der Waals surface area contributed by atoms with Crippen LogP contribution in [0, 0.1) is 6.92 Å². The van der Waals surface area contributed by atoms with Gasteiger partial charge in [0.25, 0.3) is 0 Å². The van der Waals surface area contributed by atoms with Gasteiger partial charge in [0.1, 0.15) is 0 Å². The van der Waals surface area contributed by atoms with Crippen LogP contribution >= 0.6 is 10.0 Å². The second-order valence-corrected chi connectivity index (χ2v) is 8.62. The van der Waals surface area contributed by atoms with Gasteiger partial charge in [0, 0.05) is 4.90 Å². The number of benzene rings is 2. The summed E-state index contributed by atoms with van der Waals surface area (Å²) < 4.78 is 0. The first-order chi connectivity index (χ1) is 10.6. The van der Waals surface area contributed by atoms with Gasteiger partial charge >= 0.3 is 0 Å². The fraction of sp³-hybridized carbons (Fsp3) is 0.143. The van der Waals surface area contributed by atoms with Crippen molar-refractivity contribution in [1.29, 1.82) is 0 Å². The highest BCUT2D eigenvalue weighted by Crippen LogP contribution is 2.66. The predicted octanol–water partition coefficient (Wildman–Crippen LogP) is 6.49. The minimum atomic E-state index is -1.30. The van der Waals surface area contributed by atoms with Gasteiger partial charge in [-0.1, -0.05) is 67.3 Å². The molecule has 0 aliphatic carbocycles. The Labute approximate surface area is 136 Å². The molecule has 0 aliphatic heterocycles. The fourth-order valence-electron chi connectivity index (χ4n) is 2.54. The van der Waals surface area contributed by atoms with Crippen molar-refractivity contribution in [2.24, 2.45) is 0 Å². The van der Waals surface area contributed by atoms with Crippen molar-refractivity contribution in [3.05, 3.63) is 95.9 Å². The van der Waals surface area contributed by atoms with Crippen LogP contribution in [0.25, 0.3) is 0 Å². The topological polar surface area (TPSA) is 0 Å². The molecule has 1 heteroatoms. The molecular formula is C21H24S. The van der Waals surface area contributed by atoms with Crippen molar-refractivity contribution in [2.75, 3.05) is 6.26 Å². The normalized spacial score (nSPS) is 15.8. The molecule has 0 saturated heterocycles. The average Bonchev–Trinajstić information content (AvgIpc) is 2.55. The van der Waals surface area contributed by atoms with Gasteiger partial charge in [-0.3, -0.25) is 0 Å². The molecule has 0 aliphatic rings. The molecule has 1 unspecified atom stereocenters. The maximum atomic E-state index is 4.41. The molecule has 0 heterocycles. The molecule has 0 bridgehead atoms. The van der Waals surface area contributed by atoms with E-state index in [1.807, 2.05) is 19.1 Å². The van der Waals surface area contributed by atoms with E-state index in [0.717, 1.165) is 0 Å². The van der Waals surface area contributed by atoms with Crippen molar-refractivity contribution < 1.29 is 0 Å². The first-order valence-electron chi connectivity index (χ1n) is 7.48. The fourth-order valence-corrected chi connectivity index (χ4v) is 5.49. The lowest BCUT2D eigenvalue weighted by molar-refractivity contribution is 1.27. The summed E-state index contributed by atoms with van der Waals surface area (Å²) in [4.78, 5) is 3.90. The second-order valence-electron chi connectivity index (χ2n) is 5.35. The zero-order valence-electron chi connectivity index (χ0n) is 13.6. The smallest absolute Gasteiger partial charge is 0.000798 e. The summed E-state index contributed by atoms with van der Waals surface area (Å²) in [6.45, 7) is 8.62. The number of allylic oxidation sites excluding steroid dienone is 4. The molecule has 22 heavy (non-hydrogen) atoms. The summed E-state index contributed by atoms with van der Waals surface area (Å²) in [5.41, 5.74) is 1.32. The summed E-state index contributed by atoms with van der Waals surface area (Å²) >= 11 is 0. The summed E-state index contributed by atoms with van der Waals surface area (Å²) in [6, 6.07) is 19.4. The van der Waals surface area contributed by atoms with Gasteiger partial charge in [-0.15, -0.1) is 0 Å². The first-order valence-corrected chi connectivity index (χ1v) is 9.52. The van der Waals surface area contributed by atoms with Gasteiger partial charge < -0.3 is 0 Å². The number of rotatable bonds is 5. The number of hydrogen-bond donors (Lipinski definition) is 0. The Hall–Kier alpha value is -1.99. The third kappa shape index (κ3) is 3.26. The van der Waals surface area contributed by atoms with Crippen molar-refractivity contribution in [2.45, 2.75) is 23.6 Å².